The molecule has 1 saturated carbocycles. The van der Waals surface area contributed by atoms with E-state index in [1.54, 1.807) is 27.7 Å². The van der Waals surface area contributed by atoms with E-state index in [-0.39, 0.29) is 23.9 Å². The number of nitrogens with zero attached hydrogens (tertiary/aromatic N) is 2. The lowest BCUT2D eigenvalue weighted by molar-refractivity contribution is -0.137. The first kappa shape index (κ1) is 27.6. The minimum atomic E-state index is -1.40. The Kier molecular flexibility index (Phi) is 7.47. The summed E-state index contributed by atoms with van der Waals surface area (Å²) in [7, 11) is -1.39. The highest BCUT2D eigenvalue weighted by Crippen LogP contribution is 2.66. The summed E-state index contributed by atoms with van der Waals surface area (Å²) in [6.07, 6.45) is -0.552. The van der Waals surface area contributed by atoms with E-state index in [9.17, 15) is 23.5 Å². The third-order valence-electron chi connectivity index (χ3n) is 6.11. The van der Waals surface area contributed by atoms with Crippen LogP contribution in [0.1, 0.15) is 39.7 Å². The molecule has 1 aromatic carbocycles. The third-order valence-corrected chi connectivity index (χ3v) is 9.30. The molecule has 0 saturated heterocycles. The molecular formula is C24H34F2N2O5SSi. The Balaban J connectivity index is 2.03. The zero-order valence-electron chi connectivity index (χ0n) is 21.3. The minimum Gasteiger partial charge on any atom is -0.480 e. The topological polar surface area (TPSA) is 88.4 Å². The van der Waals surface area contributed by atoms with Crippen LogP contribution in [0.25, 0.3) is 0 Å². The lowest BCUT2D eigenvalue weighted by atomic mass is 9.85. The van der Waals surface area contributed by atoms with Crippen LogP contribution < -0.4 is 0 Å². The van der Waals surface area contributed by atoms with E-state index in [1.807, 2.05) is 0 Å². The van der Waals surface area contributed by atoms with E-state index < -0.39 is 53.6 Å². The fourth-order valence-corrected chi connectivity index (χ4v) is 6.31. The normalized spacial score (nSPS) is 26.0. The average molecular weight is 529 g/mol. The van der Waals surface area contributed by atoms with Gasteiger partial charge in [0, 0.05) is 26.2 Å². The Morgan fingerprint density at radius 3 is 2.51 bits per heavy atom. The van der Waals surface area contributed by atoms with Crippen LogP contribution in [0.15, 0.2) is 23.2 Å². The molecule has 11 heteroatoms. The number of aliphatic imine (C=N–C) groups is 1. The van der Waals surface area contributed by atoms with E-state index in [0.717, 1.165) is 28.8 Å². The molecular weight excluding hydrogens is 494 g/mol. The molecule has 0 bridgehead atoms. The maximum Gasteiger partial charge on any atom is 0.418 e. The van der Waals surface area contributed by atoms with Crippen molar-refractivity contribution in [2.75, 3.05) is 13.3 Å². The third kappa shape index (κ3) is 5.88. The summed E-state index contributed by atoms with van der Waals surface area (Å²) < 4.78 is 39.1. The van der Waals surface area contributed by atoms with Gasteiger partial charge in [-0.2, -0.15) is 0 Å². The SMILES string of the molecule is CC(C)(C)OC(=O)N(COCC[Si](C)(C)C)C1=NC(C)(c2cccc(F)c2F)C2CC2(C(=O)O)S1. The van der Waals surface area contributed by atoms with Gasteiger partial charge in [0.2, 0.25) is 0 Å². The molecule has 3 atom stereocenters. The summed E-state index contributed by atoms with van der Waals surface area (Å²) >= 11 is 0.937. The van der Waals surface area contributed by atoms with Crippen LogP contribution in [0.5, 0.6) is 0 Å². The number of halogens is 2. The molecule has 1 aliphatic carbocycles. The molecule has 2 aliphatic rings. The second-order valence-electron chi connectivity index (χ2n) is 11.5. The Labute approximate surface area is 210 Å². The summed E-state index contributed by atoms with van der Waals surface area (Å²) in [5.41, 5.74) is -2.27. The van der Waals surface area contributed by atoms with Crippen LogP contribution in [-0.4, -0.2) is 59.0 Å². The van der Waals surface area contributed by atoms with Crippen molar-refractivity contribution < 1.29 is 33.0 Å². The summed E-state index contributed by atoms with van der Waals surface area (Å²) in [6.45, 7) is 13.5. The van der Waals surface area contributed by atoms with Gasteiger partial charge in [-0.15, -0.1) is 0 Å². The number of fused-ring (bicyclic) bond motifs is 1. The van der Waals surface area contributed by atoms with E-state index >= 15 is 0 Å². The number of carbonyl (C=O) groups is 2. The van der Waals surface area contributed by atoms with Crippen LogP contribution in [0.2, 0.25) is 25.7 Å². The first-order valence-corrected chi connectivity index (χ1v) is 16.1. The van der Waals surface area contributed by atoms with Crippen LogP contribution >= 0.6 is 11.8 Å². The van der Waals surface area contributed by atoms with Crippen molar-refractivity contribution in [2.24, 2.45) is 10.9 Å². The number of carboxylic acid groups (broad SMARTS) is 1. The number of hydrogen-bond acceptors (Lipinski definition) is 6. The molecule has 194 valence electrons. The number of hydrogen-bond donors (Lipinski definition) is 1. The first-order valence-electron chi connectivity index (χ1n) is 11.6. The second-order valence-corrected chi connectivity index (χ2v) is 18.4. The Morgan fingerprint density at radius 2 is 1.94 bits per heavy atom. The van der Waals surface area contributed by atoms with E-state index in [4.69, 9.17) is 9.47 Å². The van der Waals surface area contributed by atoms with Crippen LogP contribution in [0.3, 0.4) is 0 Å². The van der Waals surface area contributed by atoms with Crippen molar-refractivity contribution in [3.63, 3.8) is 0 Å². The van der Waals surface area contributed by atoms with Crippen molar-refractivity contribution in [1.82, 2.24) is 4.90 Å². The number of rotatable bonds is 7. The van der Waals surface area contributed by atoms with Gasteiger partial charge in [0.05, 0.1) is 5.54 Å². The van der Waals surface area contributed by atoms with Gasteiger partial charge in [-0.05, 0) is 46.2 Å². The number of carbonyl (C=O) groups excluding carboxylic acids is 1. The van der Waals surface area contributed by atoms with Crippen molar-refractivity contribution in [3.05, 3.63) is 35.4 Å². The highest BCUT2D eigenvalue weighted by atomic mass is 32.2. The Hall–Kier alpha value is -1.98. The average Bonchev–Trinajstić information content (AvgIpc) is 3.45. The Morgan fingerprint density at radius 1 is 1.29 bits per heavy atom. The number of carboxylic acids is 1. The van der Waals surface area contributed by atoms with E-state index in [2.05, 4.69) is 24.6 Å². The lowest BCUT2D eigenvalue weighted by Crippen LogP contribution is -2.47. The summed E-state index contributed by atoms with van der Waals surface area (Å²) in [4.78, 5) is 31.3. The molecule has 1 heterocycles. The molecule has 0 aromatic heterocycles. The number of aliphatic carboxylic acids is 1. The largest absolute Gasteiger partial charge is 0.480 e. The minimum absolute atomic E-state index is 0.0489. The molecule has 1 N–H and O–H groups in total. The van der Waals surface area contributed by atoms with Gasteiger partial charge < -0.3 is 14.6 Å². The molecule has 1 aliphatic heterocycles. The molecule has 7 nitrogen and oxygen atoms in total. The molecule has 0 spiro atoms. The number of benzene rings is 1. The van der Waals surface area contributed by atoms with Gasteiger partial charge >= 0.3 is 12.1 Å². The van der Waals surface area contributed by atoms with Crippen LogP contribution in [0, 0.1) is 17.6 Å². The highest BCUT2D eigenvalue weighted by Gasteiger charge is 2.72. The van der Waals surface area contributed by atoms with Crippen LogP contribution in [-0.2, 0) is 19.8 Å². The number of amidine groups is 1. The van der Waals surface area contributed by atoms with Gasteiger partial charge in [-0.1, -0.05) is 43.5 Å². The van der Waals surface area contributed by atoms with Crippen molar-refractivity contribution in [2.45, 2.75) is 75.7 Å². The molecule has 1 amide bonds. The lowest BCUT2D eigenvalue weighted by Gasteiger charge is -2.37. The number of thioether (sulfide) groups is 1. The monoisotopic (exact) mass is 528 g/mol. The van der Waals surface area contributed by atoms with E-state index in [1.165, 1.54) is 12.1 Å². The molecule has 35 heavy (non-hydrogen) atoms. The highest BCUT2D eigenvalue weighted by molar-refractivity contribution is 8.15. The number of ether oxygens (including phenoxy) is 2. The van der Waals surface area contributed by atoms with Crippen LogP contribution in [0.4, 0.5) is 13.6 Å². The smallest absolute Gasteiger partial charge is 0.418 e. The quantitative estimate of drug-likeness (QED) is 0.278. The molecule has 0 radical (unpaired) electrons. The fourth-order valence-electron chi connectivity index (χ4n) is 4.05. The van der Waals surface area contributed by atoms with Gasteiger partial charge in [-0.25, -0.2) is 18.5 Å². The zero-order chi connectivity index (χ0) is 26.4. The maximum atomic E-state index is 14.9. The molecule has 1 aromatic rings. The zero-order valence-corrected chi connectivity index (χ0v) is 23.1. The van der Waals surface area contributed by atoms with Gasteiger partial charge in [0.1, 0.15) is 17.1 Å². The van der Waals surface area contributed by atoms with Gasteiger partial charge in [0.15, 0.2) is 16.8 Å². The number of amides is 1. The standard InChI is InChI=1S/C24H34F2N2O5SSi/c1-22(2,3)33-21(31)28(14-32-11-12-35(5,6)7)20-27-23(4,15-9-8-10-16(25)18(15)26)17-13-24(17,34-20)19(29)30/h8-10,17H,11-14H2,1-7H3,(H,29,30). The van der Waals surface area contributed by atoms with Crippen molar-refractivity contribution in [1.29, 1.82) is 0 Å². The van der Waals surface area contributed by atoms with Gasteiger partial charge in [0.25, 0.3) is 0 Å². The fraction of sp³-hybridized carbons (Fsp3) is 0.625. The molecule has 3 rings (SSSR count). The summed E-state index contributed by atoms with van der Waals surface area (Å²) in [5, 5.41) is 10.1. The Bertz CT molecular complexity index is 1040. The predicted molar refractivity (Wildman–Crippen MR) is 134 cm³/mol. The molecule has 3 unspecified atom stereocenters. The molecule has 1 fully saturated rings. The second kappa shape index (κ2) is 9.47. The summed E-state index contributed by atoms with van der Waals surface area (Å²) in [5.74, 6) is -3.79. The van der Waals surface area contributed by atoms with Crippen molar-refractivity contribution in [3.8, 4) is 0 Å². The first-order chi connectivity index (χ1) is 16.0. The van der Waals surface area contributed by atoms with E-state index in [0.29, 0.717) is 6.61 Å². The van der Waals surface area contributed by atoms with Gasteiger partial charge in [-0.3, -0.25) is 9.79 Å². The maximum absolute atomic E-state index is 14.9. The predicted octanol–water partition coefficient (Wildman–Crippen LogP) is 5.68. The van der Waals surface area contributed by atoms with Crippen molar-refractivity contribution >= 4 is 37.1 Å². The summed E-state index contributed by atoms with van der Waals surface area (Å²) in [6, 6.07) is 4.64.